The molecule has 1 atom stereocenters. The van der Waals surface area contributed by atoms with Crippen LogP contribution in [0.3, 0.4) is 0 Å². The van der Waals surface area contributed by atoms with Crippen LogP contribution in [0.4, 0.5) is 5.69 Å². The number of anilines is 1. The number of carbonyl (C=O) groups is 1. The summed E-state index contributed by atoms with van der Waals surface area (Å²) < 4.78 is 38.7. The van der Waals surface area contributed by atoms with Gasteiger partial charge in [0.2, 0.25) is 5.91 Å². The van der Waals surface area contributed by atoms with Crippen LogP contribution in [0.5, 0.6) is 11.5 Å². The zero-order chi connectivity index (χ0) is 24.9. The number of amides is 1. The second-order valence-electron chi connectivity index (χ2n) is 7.66. The van der Waals surface area contributed by atoms with E-state index < -0.39 is 28.5 Å². The second-order valence-corrected chi connectivity index (χ2v) is 9.92. The third kappa shape index (κ3) is 5.63. The molecule has 34 heavy (non-hydrogen) atoms. The van der Waals surface area contributed by atoms with E-state index in [-0.39, 0.29) is 4.90 Å². The molecule has 3 aromatic rings. The van der Waals surface area contributed by atoms with Crippen molar-refractivity contribution in [2.24, 2.45) is 0 Å². The maximum absolute atomic E-state index is 13.5. The normalized spacial score (nSPS) is 12.0. The Morgan fingerprint density at radius 1 is 1.03 bits per heavy atom. The minimum absolute atomic E-state index is 0.0713. The van der Waals surface area contributed by atoms with Crippen LogP contribution in [0.25, 0.3) is 0 Å². The number of aryl methyl sites for hydroxylation is 1. The molecule has 0 saturated heterocycles. The monoisotopic (exact) mass is 502 g/mol. The number of hydrogen-bond acceptors (Lipinski definition) is 5. The third-order valence-corrected chi connectivity index (χ3v) is 7.54. The fourth-order valence-corrected chi connectivity index (χ4v) is 5.05. The van der Waals surface area contributed by atoms with Gasteiger partial charge >= 0.3 is 0 Å². The maximum atomic E-state index is 13.5. The number of methoxy groups -OCH3 is 2. The molecule has 180 valence electrons. The van der Waals surface area contributed by atoms with E-state index in [2.05, 4.69) is 5.32 Å². The highest BCUT2D eigenvalue weighted by Crippen LogP contribution is 2.30. The Labute approximate surface area is 205 Å². The molecule has 3 rings (SSSR count). The van der Waals surface area contributed by atoms with E-state index in [1.54, 1.807) is 68.6 Å². The van der Waals surface area contributed by atoms with E-state index in [9.17, 15) is 13.2 Å². The van der Waals surface area contributed by atoms with Crippen LogP contribution < -0.4 is 19.1 Å². The molecule has 0 heterocycles. The first-order valence-electron chi connectivity index (χ1n) is 10.5. The smallest absolute Gasteiger partial charge is 0.264 e. The second kappa shape index (κ2) is 10.8. The number of ether oxygens (including phenoxy) is 2. The largest absolute Gasteiger partial charge is 0.497 e. The number of hydrogen-bond donors (Lipinski definition) is 1. The van der Waals surface area contributed by atoms with Gasteiger partial charge in [0.05, 0.1) is 30.8 Å². The van der Waals surface area contributed by atoms with Gasteiger partial charge in [-0.05, 0) is 61.9 Å². The topological polar surface area (TPSA) is 84.9 Å². The summed E-state index contributed by atoms with van der Waals surface area (Å²) >= 11 is 6.27. The van der Waals surface area contributed by atoms with Crippen molar-refractivity contribution in [3.05, 3.63) is 82.9 Å². The number of nitrogens with zero attached hydrogens (tertiary/aromatic N) is 1. The molecule has 0 unspecified atom stereocenters. The van der Waals surface area contributed by atoms with Gasteiger partial charge in [0.15, 0.2) is 0 Å². The Morgan fingerprint density at radius 3 is 2.35 bits per heavy atom. The lowest BCUT2D eigenvalue weighted by Gasteiger charge is -2.26. The highest BCUT2D eigenvalue weighted by Gasteiger charge is 2.28. The fraction of sp³-hybridized carbons (Fsp3) is 0.240. The Hall–Kier alpha value is -3.23. The average Bonchev–Trinajstić information content (AvgIpc) is 2.84. The molecule has 7 nitrogen and oxygen atoms in total. The van der Waals surface area contributed by atoms with Gasteiger partial charge in [-0.2, -0.15) is 0 Å². The summed E-state index contributed by atoms with van der Waals surface area (Å²) in [5.74, 6) is 0.695. The predicted octanol–water partition coefficient (Wildman–Crippen LogP) is 4.74. The number of sulfonamides is 1. The Kier molecular flexibility index (Phi) is 8.06. The van der Waals surface area contributed by atoms with Crippen molar-refractivity contribution in [2.45, 2.75) is 24.8 Å². The molecular weight excluding hydrogens is 476 g/mol. The molecule has 0 aliphatic carbocycles. The van der Waals surface area contributed by atoms with Crippen LogP contribution in [-0.4, -0.2) is 35.1 Å². The summed E-state index contributed by atoms with van der Waals surface area (Å²) in [5.41, 5.74) is 1.79. The van der Waals surface area contributed by atoms with Gasteiger partial charge in [-0.15, -0.1) is 0 Å². The Morgan fingerprint density at radius 2 is 1.74 bits per heavy atom. The molecule has 0 aliphatic rings. The zero-order valence-electron chi connectivity index (χ0n) is 19.4. The van der Waals surface area contributed by atoms with Crippen molar-refractivity contribution >= 4 is 33.2 Å². The van der Waals surface area contributed by atoms with Gasteiger partial charge in [0.1, 0.15) is 18.0 Å². The van der Waals surface area contributed by atoms with Gasteiger partial charge in [0, 0.05) is 10.6 Å². The first-order valence-corrected chi connectivity index (χ1v) is 12.3. The molecule has 0 radical (unpaired) electrons. The van der Waals surface area contributed by atoms with Crippen molar-refractivity contribution in [2.75, 3.05) is 25.1 Å². The predicted molar refractivity (Wildman–Crippen MR) is 133 cm³/mol. The molecule has 0 bridgehead atoms. The first kappa shape index (κ1) is 25.4. The molecule has 0 fully saturated rings. The number of rotatable bonds is 9. The summed E-state index contributed by atoms with van der Waals surface area (Å²) in [5, 5.41) is 3.26. The summed E-state index contributed by atoms with van der Waals surface area (Å²) in [6.45, 7) is 3.17. The van der Waals surface area contributed by atoms with Crippen molar-refractivity contribution < 1.29 is 22.7 Å². The molecule has 3 aromatic carbocycles. The van der Waals surface area contributed by atoms with Gasteiger partial charge in [-0.3, -0.25) is 9.10 Å². The molecule has 1 N–H and O–H groups in total. The van der Waals surface area contributed by atoms with E-state index in [4.69, 9.17) is 21.1 Å². The molecule has 0 saturated carbocycles. The lowest BCUT2D eigenvalue weighted by atomic mass is 10.1. The minimum atomic E-state index is -4.03. The third-order valence-electron chi connectivity index (χ3n) is 5.34. The van der Waals surface area contributed by atoms with Crippen LogP contribution >= 0.6 is 11.6 Å². The molecule has 9 heteroatoms. The van der Waals surface area contributed by atoms with Crippen LogP contribution in [0.1, 0.15) is 24.1 Å². The summed E-state index contributed by atoms with van der Waals surface area (Å²) in [7, 11) is -0.947. The summed E-state index contributed by atoms with van der Waals surface area (Å²) in [6, 6.07) is 17.6. The zero-order valence-corrected chi connectivity index (χ0v) is 21.0. The van der Waals surface area contributed by atoms with Gasteiger partial charge in [0.25, 0.3) is 10.0 Å². The first-order chi connectivity index (χ1) is 16.2. The van der Waals surface area contributed by atoms with E-state index >= 15 is 0 Å². The van der Waals surface area contributed by atoms with E-state index in [0.29, 0.717) is 27.8 Å². The molecule has 1 amide bonds. The molecular formula is C25H27ClN2O5S. The van der Waals surface area contributed by atoms with Crippen molar-refractivity contribution in [1.82, 2.24) is 5.32 Å². The highest BCUT2D eigenvalue weighted by molar-refractivity contribution is 7.92. The van der Waals surface area contributed by atoms with Crippen LogP contribution in [0, 0.1) is 6.92 Å². The maximum Gasteiger partial charge on any atom is 0.264 e. The average molecular weight is 503 g/mol. The van der Waals surface area contributed by atoms with Crippen molar-refractivity contribution in [3.63, 3.8) is 0 Å². The van der Waals surface area contributed by atoms with Crippen LogP contribution in [-0.2, 0) is 14.8 Å². The Balaban J connectivity index is 1.92. The lowest BCUT2D eigenvalue weighted by Crippen LogP contribution is -2.41. The van der Waals surface area contributed by atoms with Crippen molar-refractivity contribution in [3.8, 4) is 11.5 Å². The van der Waals surface area contributed by atoms with Crippen molar-refractivity contribution in [1.29, 1.82) is 0 Å². The van der Waals surface area contributed by atoms with Gasteiger partial charge in [-0.25, -0.2) is 8.42 Å². The molecule has 0 aliphatic heterocycles. The van der Waals surface area contributed by atoms with Gasteiger partial charge < -0.3 is 14.8 Å². The quantitative estimate of drug-likeness (QED) is 0.457. The van der Waals surface area contributed by atoms with Gasteiger partial charge in [-0.1, -0.05) is 35.9 Å². The summed E-state index contributed by atoms with van der Waals surface area (Å²) in [6.07, 6.45) is 0. The number of carbonyl (C=O) groups excluding carboxylic acids is 1. The SMILES string of the molecule is COc1ccc(OC)c([C@@H](C)NC(=O)CN(c2ccc(C)c(Cl)c2)S(=O)(=O)c2ccccc2)c1. The standard InChI is InChI=1S/C25H27ClN2O5S/c1-17-10-11-19(14-23(17)26)28(34(30,31)21-8-6-5-7-9-21)16-25(29)27-18(2)22-15-20(32-3)12-13-24(22)33-4/h5-15,18H,16H2,1-4H3,(H,27,29)/t18-/m1/s1. The van der Waals surface area contributed by atoms with E-state index in [1.165, 1.54) is 19.2 Å². The molecule has 0 aromatic heterocycles. The van der Waals surface area contributed by atoms with Crippen LogP contribution in [0.15, 0.2) is 71.6 Å². The summed E-state index contributed by atoms with van der Waals surface area (Å²) in [4.78, 5) is 13.1. The lowest BCUT2D eigenvalue weighted by molar-refractivity contribution is -0.120. The number of halogens is 1. The van der Waals surface area contributed by atoms with Crippen LogP contribution in [0.2, 0.25) is 5.02 Å². The minimum Gasteiger partial charge on any atom is -0.497 e. The number of nitrogens with one attached hydrogen (secondary N) is 1. The fourth-order valence-electron chi connectivity index (χ4n) is 3.44. The number of benzene rings is 3. The highest BCUT2D eigenvalue weighted by atomic mass is 35.5. The Bertz CT molecular complexity index is 1270. The van der Waals surface area contributed by atoms with E-state index in [1.807, 2.05) is 6.92 Å². The molecule has 0 spiro atoms. The van der Waals surface area contributed by atoms with E-state index in [0.717, 1.165) is 9.87 Å².